The molecule has 0 radical (unpaired) electrons. The molecule has 3 aromatic carbocycles. The summed E-state index contributed by atoms with van der Waals surface area (Å²) in [7, 11) is 4.31. The molecule has 0 bridgehead atoms. The normalized spacial score (nSPS) is 10.1. The molecule has 0 aromatic heterocycles. The Morgan fingerprint density at radius 1 is 0.710 bits per heavy atom. The highest BCUT2D eigenvalue weighted by atomic mass is 19.3. The fourth-order valence-corrected chi connectivity index (χ4v) is 2.65. The van der Waals surface area contributed by atoms with Gasteiger partial charge < -0.3 is 14.2 Å². The van der Waals surface area contributed by atoms with E-state index in [2.05, 4.69) is 4.94 Å². The number of halogens is 5. The van der Waals surface area contributed by atoms with Gasteiger partial charge in [-0.15, -0.1) is 0 Å². The molecule has 4 nitrogen and oxygen atoms in total. The zero-order chi connectivity index (χ0) is 23.0. The summed E-state index contributed by atoms with van der Waals surface area (Å²) < 4.78 is 79.2. The Labute approximate surface area is 175 Å². The lowest BCUT2D eigenvalue weighted by atomic mass is 10.0. The van der Waals surface area contributed by atoms with Gasteiger partial charge in [-0.1, -0.05) is 0 Å². The van der Waals surface area contributed by atoms with E-state index in [-0.39, 0.29) is 11.3 Å². The summed E-state index contributed by atoms with van der Waals surface area (Å²) in [6.45, 7) is -1.21. The van der Waals surface area contributed by atoms with Gasteiger partial charge in [-0.3, -0.25) is 4.94 Å². The Bertz CT molecular complexity index is 961. The van der Waals surface area contributed by atoms with Crippen molar-refractivity contribution in [2.75, 3.05) is 21.3 Å². The van der Waals surface area contributed by atoms with Gasteiger partial charge in [0.15, 0.2) is 5.75 Å². The van der Waals surface area contributed by atoms with Crippen LogP contribution in [0.4, 0.5) is 22.1 Å². The van der Waals surface area contributed by atoms with Crippen LogP contribution in [-0.2, 0) is 6.67 Å². The summed E-state index contributed by atoms with van der Waals surface area (Å²) in [5.41, 5.74) is -0.0623. The Kier molecular flexibility index (Phi) is 8.48. The SMILES string of the molecule is COc1cc(OC)c(-c2cc(F)c(CF)c(F)c2)c(OC)c1.FOc1ccc(F)cc1. The molecular weight excluding hydrogens is 423 g/mol. The largest absolute Gasteiger partial charge is 0.496 e. The number of alkyl halides is 1. The average molecular weight is 442 g/mol. The number of ether oxygens (including phenoxy) is 3. The van der Waals surface area contributed by atoms with Crippen molar-refractivity contribution in [3.63, 3.8) is 0 Å². The molecule has 0 unspecified atom stereocenters. The van der Waals surface area contributed by atoms with Crippen LogP contribution >= 0.6 is 0 Å². The van der Waals surface area contributed by atoms with Gasteiger partial charge in [0.2, 0.25) is 0 Å². The van der Waals surface area contributed by atoms with Gasteiger partial charge in [-0.05, 0) is 42.0 Å². The fraction of sp³-hybridized carbons (Fsp3) is 0.182. The van der Waals surface area contributed by atoms with E-state index in [9.17, 15) is 22.1 Å². The van der Waals surface area contributed by atoms with Gasteiger partial charge >= 0.3 is 0 Å². The summed E-state index contributed by atoms with van der Waals surface area (Å²) in [5.74, 6) is -1.20. The third-order valence-corrected chi connectivity index (χ3v) is 4.18. The van der Waals surface area contributed by atoms with Gasteiger partial charge in [-0.25, -0.2) is 17.6 Å². The minimum absolute atomic E-state index is 0.0106. The van der Waals surface area contributed by atoms with Crippen LogP contribution < -0.4 is 19.2 Å². The molecule has 31 heavy (non-hydrogen) atoms. The molecule has 0 amide bonds. The molecule has 0 aliphatic heterocycles. The first-order valence-corrected chi connectivity index (χ1v) is 8.76. The van der Waals surface area contributed by atoms with Crippen LogP contribution in [0.1, 0.15) is 5.56 Å². The van der Waals surface area contributed by atoms with Crippen molar-refractivity contribution in [3.8, 4) is 34.1 Å². The molecule has 0 fully saturated rings. The lowest BCUT2D eigenvalue weighted by Gasteiger charge is -2.16. The second-order valence-corrected chi connectivity index (χ2v) is 5.99. The second kappa shape index (κ2) is 11.1. The monoisotopic (exact) mass is 442 g/mol. The molecule has 0 spiro atoms. The predicted octanol–water partition coefficient (Wildman–Crippen LogP) is 6.22. The van der Waals surface area contributed by atoms with Gasteiger partial charge in [-0.2, -0.15) is 0 Å². The summed E-state index contributed by atoms with van der Waals surface area (Å²) in [6, 6.07) is 9.87. The summed E-state index contributed by atoms with van der Waals surface area (Å²) in [4.78, 5) is 3.30. The molecule has 166 valence electrons. The van der Waals surface area contributed by atoms with E-state index < -0.39 is 29.7 Å². The van der Waals surface area contributed by atoms with Crippen LogP contribution in [-0.4, -0.2) is 21.3 Å². The van der Waals surface area contributed by atoms with Crippen LogP contribution in [0, 0.1) is 17.5 Å². The van der Waals surface area contributed by atoms with Crippen molar-refractivity contribution in [2.24, 2.45) is 0 Å². The number of benzene rings is 3. The average Bonchev–Trinajstić information content (AvgIpc) is 2.78. The highest BCUT2D eigenvalue weighted by Gasteiger charge is 2.19. The number of rotatable bonds is 6. The van der Waals surface area contributed by atoms with Crippen LogP contribution in [0.2, 0.25) is 0 Å². The molecule has 0 aliphatic rings. The van der Waals surface area contributed by atoms with E-state index >= 15 is 0 Å². The molecule has 0 saturated carbocycles. The van der Waals surface area contributed by atoms with E-state index in [0.29, 0.717) is 22.8 Å². The molecule has 3 rings (SSSR count). The molecule has 0 atom stereocenters. The summed E-state index contributed by atoms with van der Waals surface area (Å²) in [5, 5.41) is 0. The maximum absolute atomic E-state index is 13.8. The van der Waals surface area contributed by atoms with Crippen molar-refractivity contribution >= 4 is 0 Å². The summed E-state index contributed by atoms with van der Waals surface area (Å²) in [6.07, 6.45) is 0. The van der Waals surface area contributed by atoms with Crippen molar-refractivity contribution in [1.29, 1.82) is 0 Å². The molecule has 0 heterocycles. The number of hydrogen-bond acceptors (Lipinski definition) is 4. The number of methoxy groups -OCH3 is 3. The first-order chi connectivity index (χ1) is 14.9. The third-order valence-electron chi connectivity index (χ3n) is 4.18. The Balaban J connectivity index is 0.000000316. The quantitative estimate of drug-likeness (QED) is 0.425. The Hall–Kier alpha value is -3.49. The first kappa shape index (κ1) is 23.8. The standard InChI is InChI=1S/C16H15F3O3.C6H4F2O/c1-20-10-6-14(21-2)16(15(7-10)22-3)9-4-12(18)11(8-17)13(19)5-9;7-5-1-3-6(9-8)4-2-5/h4-7H,8H2,1-3H3;1-4H. The van der Waals surface area contributed by atoms with Crippen LogP contribution in [0.25, 0.3) is 11.1 Å². The minimum atomic E-state index is -1.21. The smallest absolute Gasteiger partial charge is 0.172 e. The predicted molar refractivity (Wildman–Crippen MR) is 104 cm³/mol. The van der Waals surface area contributed by atoms with Gasteiger partial charge in [0, 0.05) is 16.7 Å². The maximum atomic E-state index is 13.8. The van der Waals surface area contributed by atoms with E-state index in [4.69, 9.17) is 14.2 Å². The zero-order valence-electron chi connectivity index (χ0n) is 16.8. The maximum Gasteiger partial charge on any atom is 0.172 e. The third kappa shape index (κ3) is 5.78. The summed E-state index contributed by atoms with van der Waals surface area (Å²) >= 11 is 0. The lowest BCUT2D eigenvalue weighted by Crippen LogP contribution is -1.98. The molecule has 3 aromatic rings. The van der Waals surface area contributed by atoms with E-state index in [0.717, 1.165) is 24.3 Å². The van der Waals surface area contributed by atoms with Gasteiger partial charge in [0.05, 0.1) is 32.5 Å². The molecule has 0 N–H and O–H groups in total. The number of hydrogen-bond donors (Lipinski definition) is 0. The topological polar surface area (TPSA) is 36.9 Å². The molecular formula is C22H19F5O4. The lowest BCUT2D eigenvalue weighted by molar-refractivity contribution is -0.00628. The van der Waals surface area contributed by atoms with Gasteiger partial charge in [0.25, 0.3) is 0 Å². The van der Waals surface area contributed by atoms with Crippen LogP contribution in [0.5, 0.6) is 23.0 Å². The highest BCUT2D eigenvalue weighted by molar-refractivity contribution is 5.78. The van der Waals surface area contributed by atoms with Crippen LogP contribution in [0.15, 0.2) is 48.5 Å². The van der Waals surface area contributed by atoms with Crippen molar-refractivity contribution in [1.82, 2.24) is 0 Å². The fourth-order valence-electron chi connectivity index (χ4n) is 2.65. The van der Waals surface area contributed by atoms with Gasteiger partial charge in [0.1, 0.15) is 41.4 Å². The Morgan fingerprint density at radius 3 is 1.61 bits per heavy atom. The van der Waals surface area contributed by atoms with E-state index in [1.807, 2.05) is 0 Å². The molecule has 0 aliphatic carbocycles. The van der Waals surface area contributed by atoms with Crippen molar-refractivity contribution in [3.05, 3.63) is 71.5 Å². The second-order valence-electron chi connectivity index (χ2n) is 5.99. The Morgan fingerprint density at radius 2 is 1.23 bits per heavy atom. The van der Waals surface area contributed by atoms with Crippen molar-refractivity contribution < 1.29 is 41.2 Å². The molecule has 9 heteroatoms. The molecule has 0 saturated heterocycles. The minimum Gasteiger partial charge on any atom is -0.496 e. The van der Waals surface area contributed by atoms with Crippen molar-refractivity contribution in [2.45, 2.75) is 6.67 Å². The van der Waals surface area contributed by atoms with E-state index in [1.54, 1.807) is 12.1 Å². The van der Waals surface area contributed by atoms with E-state index in [1.165, 1.54) is 33.5 Å². The highest BCUT2D eigenvalue weighted by Crippen LogP contribution is 2.42. The van der Waals surface area contributed by atoms with Crippen LogP contribution in [0.3, 0.4) is 0 Å². The zero-order valence-corrected chi connectivity index (χ0v) is 16.8. The first-order valence-electron chi connectivity index (χ1n) is 8.76.